The molecule has 1 saturated carbocycles. The molecule has 1 aromatic heterocycles. The molecular formula is C19H23ClN2O4S2. The van der Waals surface area contributed by atoms with Gasteiger partial charge >= 0.3 is 0 Å². The molecule has 0 aliphatic heterocycles. The second-order valence-electron chi connectivity index (χ2n) is 6.84. The van der Waals surface area contributed by atoms with E-state index in [1.807, 2.05) is 0 Å². The van der Waals surface area contributed by atoms with Crippen LogP contribution in [0.5, 0.6) is 5.75 Å². The number of carbonyl (C=O) groups excluding carboxylic acids is 1. The lowest BCUT2D eigenvalue weighted by molar-refractivity contribution is -0.121. The first kappa shape index (κ1) is 21.1. The summed E-state index contributed by atoms with van der Waals surface area (Å²) < 4.78 is 32.5. The van der Waals surface area contributed by atoms with Crippen molar-refractivity contribution in [2.24, 2.45) is 11.8 Å². The van der Waals surface area contributed by atoms with Gasteiger partial charge in [0.25, 0.3) is 0 Å². The number of anilines is 1. The van der Waals surface area contributed by atoms with Crippen molar-refractivity contribution in [3.63, 3.8) is 0 Å². The maximum Gasteiger partial charge on any atom is 0.250 e. The Kier molecular flexibility index (Phi) is 6.98. The average Bonchev–Trinajstić information content (AvgIpc) is 3.23. The first-order valence-electron chi connectivity index (χ1n) is 9.06. The van der Waals surface area contributed by atoms with Gasteiger partial charge < -0.3 is 10.1 Å². The number of thiophene rings is 1. The molecule has 6 nitrogen and oxygen atoms in total. The summed E-state index contributed by atoms with van der Waals surface area (Å²) in [5.74, 6) is 0.698. The molecule has 28 heavy (non-hydrogen) atoms. The Morgan fingerprint density at radius 2 is 2.00 bits per heavy atom. The van der Waals surface area contributed by atoms with Gasteiger partial charge in [-0.2, -0.15) is 0 Å². The lowest BCUT2D eigenvalue weighted by atomic mass is 9.81. The number of carbonyl (C=O) groups is 1. The fourth-order valence-electron chi connectivity index (χ4n) is 3.33. The minimum absolute atomic E-state index is 0.0288. The van der Waals surface area contributed by atoms with Gasteiger partial charge in [0, 0.05) is 18.2 Å². The maximum absolute atomic E-state index is 12.5. The van der Waals surface area contributed by atoms with E-state index in [9.17, 15) is 13.2 Å². The predicted molar refractivity (Wildman–Crippen MR) is 112 cm³/mol. The Morgan fingerprint density at radius 3 is 2.61 bits per heavy atom. The molecule has 0 radical (unpaired) electrons. The maximum atomic E-state index is 12.5. The van der Waals surface area contributed by atoms with Crippen LogP contribution in [-0.4, -0.2) is 28.0 Å². The van der Waals surface area contributed by atoms with E-state index < -0.39 is 10.0 Å². The molecule has 9 heteroatoms. The fraction of sp³-hybridized carbons (Fsp3) is 0.421. The molecule has 1 fully saturated rings. The van der Waals surface area contributed by atoms with E-state index in [1.54, 1.807) is 42.8 Å². The molecule has 0 unspecified atom stereocenters. The summed E-state index contributed by atoms with van der Waals surface area (Å²) in [5, 5.41) is 5.10. The molecule has 0 spiro atoms. The van der Waals surface area contributed by atoms with Gasteiger partial charge in [-0.15, -0.1) is 11.3 Å². The van der Waals surface area contributed by atoms with Crippen LogP contribution < -0.4 is 14.8 Å². The summed E-state index contributed by atoms with van der Waals surface area (Å²) in [6.07, 6.45) is 3.10. The molecule has 1 aliphatic carbocycles. The van der Waals surface area contributed by atoms with Gasteiger partial charge in [-0.25, -0.2) is 13.1 Å². The van der Waals surface area contributed by atoms with Crippen LogP contribution in [-0.2, 0) is 14.8 Å². The lowest BCUT2D eigenvalue weighted by Crippen LogP contribution is -2.33. The summed E-state index contributed by atoms with van der Waals surface area (Å²) in [7, 11) is -1.89. The van der Waals surface area contributed by atoms with Crippen LogP contribution in [0.1, 0.15) is 25.7 Å². The number of hydrogen-bond acceptors (Lipinski definition) is 5. The minimum atomic E-state index is -3.43. The van der Waals surface area contributed by atoms with Gasteiger partial charge in [0.15, 0.2) is 0 Å². The van der Waals surface area contributed by atoms with E-state index in [0.29, 0.717) is 27.2 Å². The quantitative estimate of drug-likeness (QED) is 0.675. The number of ether oxygens (including phenoxy) is 1. The Morgan fingerprint density at radius 1 is 1.25 bits per heavy atom. The first-order chi connectivity index (χ1) is 13.4. The molecule has 0 bridgehead atoms. The zero-order valence-corrected chi connectivity index (χ0v) is 17.9. The molecule has 3 rings (SSSR count). The van der Waals surface area contributed by atoms with Crippen molar-refractivity contribution < 1.29 is 17.9 Å². The van der Waals surface area contributed by atoms with E-state index in [0.717, 1.165) is 25.7 Å². The highest BCUT2D eigenvalue weighted by Crippen LogP contribution is 2.31. The van der Waals surface area contributed by atoms with Crippen LogP contribution in [0.25, 0.3) is 0 Å². The van der Waals surface area contributed by atoms with E-state index in [4.69, 9.17) is 16.3 Å². The van der Waals surface area contributed by atoms with Crippen LogP contribution in [0, 0.1) is 11.8 Å². The highest BCUT2D eigenvalue weighted by Gasteiger charge is 2.27. The van der Waals surface area contributed by atoms with Crippen molar-refractivity contribution >= 4 is 44.6 Å². The minimum Gasteiger partial charge on any atom is -0.495 e. The summed E-state index contributed by atoms with van der Waals surface area (Å²) in [6, 6.07) is 8.46. The van der Waals surface area contributed by atoms with E-state index in [2.05, 4.69) is 10.0 Å². The Hall–Kier alpha value is -1.61. The number of hydrogen-bond donors (Lipinski definition) is 2. The largest absolute Gasteiger partial charge is 0.495 e. The van der Waals surface area contributed by atoms with Crippen LogP contribution >= 0.6 is 22.9 Å². The first-order valence-corrected chi connectivity index (χ1v) is 11.8. The van der Waals surface area contributed by atoms with Gasteiger partial charge in [-0.3, -0.25) is 4.79 Å². The third-order valence-electron chi connectivity index (χ3n) is 4.96. The average molecular weight is 443 g/mol. The van der Waals surface area contributed by atoms with Crippen molar-refractivity contribution in [2.45, 2.75) is 29.9 Å². The number of sulfonamides is 1. The molecule has 0 saturated heterocycles. The smallest absolute Gasteiger partial charge is 0.250 e. The second-order valence-corrected chi connectivity index (χ2v) is 10.2. The van der Waals surface area contributed by atoms with E-state index in [-0.39, 0.29) is 17.7 Å². The SMILES string of the molecule is COc1ccc(NC(=O)C2CCC(CNS(=O)(=O)c3cccs3)CC2)cc1Cl. The van der Waals surface area contributed by atoms with Crippen molar-refractivity contribution in [1.29, 1.82) is 0 Å². The number of halogens is 1. The predicted octanol–water partition coefficient (Wildman–Crippen LogP) is 4.13. The second kappa shape index (κ2) is 9.26. The fourth-order valence-corrected chi connectivity index (χ4v) is 5.74. The molecule has 0 atom stereocenters. The topological polar surface area (TPSA) is 84.5 Å². The Bertz CT molecular complexity index is 908. The van der Waals surface area contributed by atoms with Gasteiger partial charge in [0.1, 0.15) is 9.96 Å². The van der Waals surface area contributed by atoms with Crippen LogP contribution in [0.4, 0.5) is 5.69 Å². The third kappa shape index (κ3) is 5.26. The van der Waals surface area contributed by atoms with Crippen LogP contribution in [0.3, 0.4) is 0 Å². The Labute approximate surface area is 174 Å². The number of amides is 1. The monoisotopic (exact) mass is 442 g/mol. The standard InChI is InChI=1S/C19H23ClN2O4S2/c1-26-17-9-8-15(11-16(17)20)22-19(23)14-6-4-13(5-7-14)12-21-28(24,25)18-3-2-10-27-18/h2-3,8-11,13-14,21H,4-7,12H2,1H3,(H,22,23). The van der Waals surface area contributed by atoms with Crippen LogP contribution in [0.15, 0.2) is 39.9 Å². The number of rotatable bonds is 7. The molecule has 152 valence electrons. The number of nitrogens with one attached hydrogen (secondary N) is 2. The zero-order chi connectivity index (χ0) is 20.1. The molecule has 1 aliphatic rings. The van der Waals surface area contributed by atoms with Gasteiger partial charge in [-0.1, -0.05) is 17.7 Å². The summed E-state index contributed by atoms with van der Waals surface area (Å²) in [6.45, 7) is 0.405. The molecule has 2 N–H and O–H groups in total. The summed E-state index contributed by atoms with van der Waals surface area (Å²) in [5.41, 5.74) is 0.640. The zero-order valence-electron chi connectivity index (χ0n) is 15.5. The lowest BCUT2D eigenvalue weighted by Gasteiger charge is -2.27. The van der Waals surface area contributed by atoms with Crippen molar-refractivity contribution in [3.8, 4) is 5.75 Å². The molecule has 1 aromatic carbocycles. The molecule has 1 amide bonds. The highest BCUT2D eigenvalue weighted by atomic mass is 35.5. The summed E-state index contributed by atoms with van der Waals surface area (Å²) in [4.78, 5) is 12.5. The highest BCUT2D eigenvalue weighted by molar-refractivity contribution is 7.91. The van der Waals surface area contributed by atoms with Crippen molar-refractivity contribution in [3.05, 3.63) is 40.7 Å². The van der Waals surface area contributed by atoms with Crippen molar-refractivity contribution in [2.75, 3.05) is 19.0 Å². The van der Waals surface area contributed by atoms with Gasteiger partial charge in [-0.05, 0) is 61.2 Å². The van der Waals surface area contributed by atoms with Gasteiger partial charge in [0.2, 0.25) is 15.9 Å². The Balaban J connectivity index is 1.47. The summed E-state index contributed by atoms with van der Waals surface area (Å²) >= 11 is 7.30. The van der Waals surface area contributed by atoms with E-state index >= 15 is 0 Å². The third-order valence-corrected chi connectivity index (χ3v) is 8.08. The van der Waals surface area contributed by atoms with Gasteiger partial charge in [0.05, 0.1) is 12.1 Å². The molecule has 1 heterocycles. The van der Waals surface area contributed by atoms with Crippen LogP contribution in [0.2, 0.25) is 5.02 Å². The van der Waals surface area contributed by atoms with E-state index in [1.165, 1.54) is 11.3 Å². The number of benzene rings is 1. The number of methoxy groups -OCH3 is 1. The molecular weight excluding hydrogens is 420 g/mol. The normalized spacial score (nSPS) is 19.9. The van der Waals surface area contributed by atoms with Crippen molar-refractivity contribution in [1.82, 2.24) is 4.72 Å². The molecule has 2 aromatic rings.